The Morgan fingerprint density at radius 2 is 1.88 bits per heavy atom. The summed E-state index contributed by atoms with van der Waals surface area (Å²) in [4.78, 5) is 28.6. The van der Waals surface area contributed by atoms with Crippen molar-refractivity contribution in [3.8, 4) is 17.2 Å². The number of nitrogens with zero attached hydrogens (tertiary/aromatic N) is 4. The summed E-state index contributed by atoms with van der Waals surface area (Å²) in [5, 5.41) is 11.7. The van der Waals surface area contributed by atoms with Crippen molar-refractivity contribution in [1.29, 1.82) is 0 Å². The highest BCUT2D eigenvalue weighted by atomic mass is 16.6. The van der Waals surface area contributed by atoms with Gasteiger partial charge in [0.15, 0.2) is 17.2 Å². The number of para-hydroxylation sites is 1. The second-order valence-corrected chi connectivity index (χ2v) is 8.02. The van der Waals surface area contributed by atoms with Gasteiger partial charge in [0.2, 0.25) is 0 Å². The van der Waals surface area contributed by atoms with Crippen LogP contribution in [-0.2, 0) is 7.05 Å². The average molecular weight is 453 g/mol. The number of benzene rings is 2. The van der Waals surface area contributed by atoms with Crippen LogP contribution in [0.1, 0.15) is 31.5 Å². The van der Waals surface area contributed by atoms with Crippen molar-refractivity contribution >= 4 is 17.6 Å². The number of ether oxygens (including phenoxy) is 2. The van der Waals surface area contributed by atoms with Crippen molar-refractivity contribution in [1.82, 2.24) is 9.36 Å². The van der Waals surface area contributed by atoms with Crippen molar-refractivity contribution in [3.05, 3.63) is 74.2 Å². The average Bonchev–Trinajstić information content (AvgIpc) is 3.00. The Morgan fingerprint density at radius 1 is 1.18 bits per heavy atom. The van der Waals surface area contributed by atoms with Crippen LogP contribution in [0.5, 0.6) is 11.5 Å². The van der Waals surface area contributed by atoms with E-state index in [4.69, 9.17) is 9.47 Å². The summed E-state index contributed by atoms with van der Waals surface area (Å²) in [6, 6.07) is 12.0. The third-order valence-corrected chi connectivity index (χ3v) is 5.32. The molecule has 9 nitrogen and oxygen atoms in total. The molecule has 3 aromatic rings. The van der Waals surface area contributed by atoms with E-state index in [2.05, 4.69) is 18.8 Å². The Kier molecular flexibility index (Phi) is 7.32. The first-order valence-corrected chi connectivity index (χ1v) is 10.6. The maximum absolute atomic E-state index is 13.1. The zero-order chi connectivity index (χ0) is 24.1. The highest BCUT2D eigenvalue weighted by Gasteiger charge is 2.20. The van der Waals surface area contributed by atoms with Crippen LogP contribution in [0.3, 0.4) is 0 Å². The molecule has 0 saturated carbocycles. The Labute approximate surface area is 192 Å². The second kappa shape index (κ2) is 10.2. The third-order valence-electron chi connectivity index (χ3n) is 5.32. The molecule has 3 rings (SSSR count). The van der Waals surface area contributed by atoms with Gasteiger partial charge in [-0.25, -0.2) is 9.67 Å². The molecule has 174 valence electrons. The number of nitro benzene ring substituents is 1. The van der Waals surface area contributed by atoms with Gasteiger partial charge in [-0.05, 0) is 37.5 Å². The van der Waals surface area contributed by atoms with Gasteiger partial charge in [-0.3, -0.25) is 19.6 Å². The molecular formula is C24H28N4O5. The van der Waals surface area contributed by atoms with Gasteiger partial charge in [0.1, 0.15) is 0 Å². The van der Waals surface area contributed by atoms with E-state index < -0.39 is 4.92 Å². The van der Waals surface area contributed by atoms with E-state index in [1.54, 1.807) is 18.7 Å². The molecule has 0 spiro atoms. The largest absolute Gasteiger partial charge is 0.493 e. The second-order valence-electron chi connectivity index (χ2n) is 8.02. The minimum Gasteiger partial charge on any atom is -0.493 e. The van der Waals surface area contributed by atoms with Crippen LogP contribution in [0, 0.1) is 23.0 Å². The van der Waals surface area contributed by atoms with Gasteiger partial charge in [0.25, 0.3) is 11.2 Å². The Balaban J connectivity index is 2.02. The first kappa shape index (κ1) is 23.8. The number of aliphatic imine (C=N–C) groups is 1. The molecule has 0 aliphatic heterocycles. The minimum atomic E-state index is -0.504. The predicted molar refractivity (Wildman–Crippen MR) is 128 cm³/mol. The van der Waals surface area contributed by atoms with Gasteiger partial charge in [0, 0.05) is 13.3 Å². The van der Waals surface area contributed by atoms with E-state index in [1.165, 1.54) is 30.1 Å². The molecule has 0 saturated heterocycles. The highest BCUT2D eigenvalue weighted by molar-refractivity contribution is 5.88. The molecule has 33 heavy (non-hydrogen) atoms. The molecule has 0 aliphatic rings. The Hall–Kier alpha value is -3.88. The number of methoxy groups -OCH3 is 1. The van der Waals surface area contributed by atoms with E-state index in [1.807, 2.05) is 30.3 Å². The van der Waals surface area contributed by atoms with E-state index in [-0.39, 0.29) is 22.5 Å². The number of hydrogen-bond acceptors (Lipinski definition) is 6. The molecule has 0 atom stereocenters. The molecule has 0 aliphatic carbocycles. The standard InChI is InChI=1S/C24H28N4O5/c1-16(2)11-12-33-22-14-20(28(30)31)18(13-21(22)32-5)15-25-23-17(3)26(4)27(24(23)29)19-9-7-6-8-10-19/h6-10,13-16H,11-12H2,1-5H3. The fourth-order valence-corrected chi connectivity index (χ4v) is 3.34. The summed E-state index contributed by atoms with van der Waals surface area (Å²) in [6.45, 7) is 6.33. The summed E-state index contributed by atoms with van der Waals surface area (Å²) < 4.78 is 14.3. The van der Waals surface area contributed by atoms with E-state index in [9.17, 15) is 14.9 Å². The van der Waals surface area contributed by atoms with Crippen molar-refractivity contribution in [2.75, 3.05) is 13.7 Å². The third kappa shape index (κ3) is 5.14. The first-order valence-electron chi connectivity index (χ1n) is 10.6. The Bertz CT molecular complexity index is 1230. The molecule has 0 bridgehead atoms. The van der Waals surface area contributed by atoms with Crippen LogP contribution in [0.2, 0.25) is 0 Å². The summed E-state index contributed by atoms with van der Waals surface area (Å²) >= 11 is 0. The van der Waals surface area contributed by atoms with Crippen LogP contribution in [0.15, 0.2) is 52.3 Å². The van der Waals surface area contributed by atoms with Gasteiger partial charge in [-0.1, -0.05) is 32.0 Å². The zero-order valence-electron chi connectivity index (χ0n) is 19.4. The van der Waals surface area contributed by atoms with Crippen molar-refractivity contribution in [3.63, 3.8) is 0 Å². The lowest BCUT2D eigenvalue weighted by Gasteiger charge is -2.12. The van der Waals surface area contributed by atoms with Crippen molar-refractivity contribution in [2.45, 2.75) is 27.2 Å². The fraction of sp³-hybridized carbons (Fsp3) is 0.333. The maximum atomic E-state index is 13.1. The van der Waals surface area contributed by atoms with E-state index in [0.717, 1.165) is 6.42 Å². The lowest BCUT2D eigenvalue weighted by molar-refractivity contribution is -0.385. The molecular weight excluding hydrogens is 424 g/mol. The molecule has 0 fully saturated rings. The van der Waals surface area contributed by atoms with Gasteiger partial charge < -0.3 is 9.47 Å². The van der Waals surface area contributed by atoms with Crippen LogP contribution in [0.4, 0.5) is 11.4 Å². The number of nitro groups is 1. The summed E-state index contributed by atoms with van der Waals surface area (Å²) in [6.07, 6.45) is 2.12. The van der Waals surface area contributed by atoms with Crippen LogP contribution in [0.25, 0.3) is 5.69 Å². The number of rotatable bonds is 9. The molecule has 0 unspecified atom stereocenters. The SMILES string of the molecule is COc1cc(C=Nc2c(C)n(C)n(-c3ccccc3)c2=O)c([N+](=O)[O-])cc1OCCC(C)C. The van der Waals surface area contributed by atoms with Crippen molar-refractivity contribution < 1.29 is 14.4 Å². The monoisotopic (exact) mass is 452 g/mol. The summed E-state index contributed by atoms with van der Waals surface area (Å²) in [5.74, 6) is 1.09. The molecule has 0 radical (unpaired) electrons. The molecule has 9 heteroatoms. The molecule has 0 N–H and O–H groups in total. The Morgan fingerprint density at radius 3 is 2.48 bits per heavy atom. The molecule has 1 aromatic heterocycles. The van der Waals surface area contributed by atoms with Crippen LogP contribution in [-0.4, -0.2) is 34.2 Å². The van der Waals surface area contributed by atoms with Gasteiger partial charge in [-0.2, -0.15) is 0 Å². The number of aromatic nitrogens is 2. The summed E-state index contributed by atoms with van der Waals surface area (Å²) in [5.41, 5.74) is 1.24. The van der Waals surface area contributed by atoms with E-state index >= 15 is 0 Å². The molecule has 1 heterocycles. The minimum absolute atomic E-state index is 0.184. The molecule has 2 aromatic carbocycles. The smallest absolute Gasteiger partial charge is 0.297 e. The van der Waals surface area contributed by atoms with Crippen LogP contribution >= 0.6 is 0 Å². The maximum Gasteiger partial charge on any atom is 0.297 e. The quantitative estimate of drug-likeness (QED) is 0.269. The first-order chi connectivity index (χ1) is 15.7. The highest BCUT2D eigenvalue weighted by Crippen LogP contribution is 2.34. The lowest BCUT2D eigenvalue weighted by Crippen LogP contribution is -2.19. The molecule has 0 amide bonds. The fourth-order valence-electron chi connectivity index (χ4n) is 3.34. The normalized spacial score (nSPS) is 11.3. The number of hydrogen-bond donors (Lipinski definition) is 0. The van der Waals surface area contributed by atoms with Gasteiger partial charge in [-0.15, -0.1) is 0 Å². The van der Waals surface area contributed by atoms with E-state index in [0.29, 0.717) is 35.4 Å². The predicted octanol–water partition coefficient (Wildman–Crippen LogP) is 4.58. The summed E-state index contributed by atoms with van der Waals surface area (Å²) in [7, 11) is 3.23. The lowest BCUT2D eigenvalue weighted by atomic mass is 10.1. The van der Waals surface area contributed by atoms with Gasteiger partial charge >= 0.3 is 0 Å². The van der Waals surface area contributed by atoms with Crippen LogP contribution < -0.4 is 15.0 Å². The zero-order valence-corrected chi connectivity index (χ0v) is 19.4. The topological polar surface area (TPSA) is 101 Å². The van der Waals surface area contributed by atoms with Crippen molar-refractivity contribution in [2.24, 2.45) is 18.0 Å². The van der Waals surface area contributed by atoms with Gasteiger partial charge in [0.05, 0.1) is 41.7 Å².